The molecular formula is C14H15N3O2. The SMILES string of the molecule is CC1CCc2c(c(C(=O)O)nn2-c2cccnc2)C1. The molecule has 0 radical (unpaired) electrons. The smallest absolute Gasteiger partial charge is 0.356 e. The molecule has 0 saturated carbocycles. The minimum Gasteiger partial charge on any atom is -0.476 e. The fraction of sp³-hybridized carbons (Fsp3) is 0.357. The molecule has 0 saturated heterocycles. The van der Waals surface area contributed by atoms with E-state index in [0.29, 0.717) is 5.92 Å². The Bertz CT molecular complexity index is 619. The van der Waals surface area contributed by atoms with Crippen LogP contribution in [0.1, 0.15) is 35.1 Å². The van der Waals surface area contributed by atoms with E-state index in [1.807, 2.05) is 12.1 Å². The Hall–Kier alpha value is -2.17. The third-order valence-electron chi connectivity index (χ3n) is 3.61. The van der Waals surface area contributed by atoms with Crippen LogP contribution in [0.5, 0.6) is 0 Å². The number of carboxylic acids is 1. The van der Waals surface area contributed by atoms with Crippen LogP contribution in [-0.2, 0) is 12.8 Å². The quantitative estimate of drug-likeness (QED) is 0.894. The predicted molar refractivity (Wildman–Crippen MR) is 69.5 cm³/mol. The summed E-state index contributed by atoms with van der Waals surface area (Å²) in [5.41, 5.74) is 2.91. The molecule has 1 N–H and O–H groups in total. The van der Waals surface area contributed by atoms with E-state index in [1.54, 1.807) is 17.1 Å². The maximum Gasteiger partial charge on any atom is 0.356 e. The Morgan fingerprint density at radius 3 is 3.05 bits per heavy atom. The predicted octanol–water partition coefficient (Wildman–Crippen LogP) is 2.09. The van der Waals surface area contributed by atoms with E-state index >= 15 is 0 Å². The number of carboxylic acid groups (broad SMARTS) is 1. The van der Waals surface area contributed by atoms with Crippen molar-refractivity contribution in [2.45, 2.75) is 26.2 Å². The first kappa shape index (κ1) is 11.9. The van der Waals surface area contributed by atoms with Gasteiger partial charge < -0.3 is 5.11 Å². The molecule has 0 amide bonds. The number of nitrogens with zero attached hydrogens (tertiary/aromatic N) is 3. The number of carbonyl (C=O) groups is 1. The summed E-state index contributed by atoms with van der Waals surface area (Å²) in [7, 11) is 0. The first-order valence-corrected chi connectivity index (χ1v) is 6.41. The van der Waals surface area contributed by atoms with Gasteiger partial charge in [0.1, 0.15) is 0 Å². The summed E-state index contributed by atoms with van der Waals surface area (Å²) < 4.78 is 1.73. The molecule has 5 heteroatoms. The van der Waals surface area contributed by atoms with Gasteiger partial charge in [0.25, 0.3) is 0 Å². The van der Waals surface area contributed by atoms with Crippen LogP contribution in [0, 0.1) is 5.92 Å². The molecule has 2 heterocycles. The van der Waals surface area contributed by atoms with Crippen LogP contribution in [0.4, 0.5) is 0 Å². The number of hydrogen-bond acceptors (Lipinski definition) is 3. The average molecular weight is 257 g/mol. The summed E-state index contributed by atoms with van der Waals surface area (Å²) >= 11 is 0. The summed E-state index contributed by atoms with van der Waals surface area (Å²) in [6, 6.07) is 3.72. The molecule has 5 nitrogen and oxygen atoms in total. The van der Waals surface area contributed by atoms with Gasteiger partial charge in [0, 0.05) is 17.5 Å². The fourth-order valence-corrected chi connectivity index (χ4v) is 2.65. The Morgan fingerprint density at radius 1 is 1.53 bits per heavy atom. The maximum absolute atomic E-state index is 11.3. The molecule has 2 aromatic rings. The number of aromatic nitrogens is 3. The minimum absolute atomic E-state index is 0.186. The molecule has 0 aliphatic heterocycles. The van der Waals surface area contributed by atoms with Gasteiger partial charge >= 0.3 is 5.97 Å². The lowest BCUT2D eigenvalue weighted by atomic mass is 9.87. The van der Waals surface area contributed by atoms with E-state index in [4.69, 9.17) is 0 Å². The van der Waals surface area contributed by atoms with E-state index in [-0.39, 0.29) is 5.69 Å². The second-order valence-electron chi connectivity index (χ2n) is 5.05. The zero-order chi connectivity index (χ0) is 13.4. The van der Waals surface area contributed by atoms with Crippen molar-refractivity contribution in [1.82, 2.24) is 14.8 Å². The standard InChI is InChI=1S/C14H15N3O2/c1-9-4-5-12-11(7-9)13(14(18)19)16-17(12)10-3-2-6-15-8-10/h2-3,6,8-9H,4-5,7H2,1H3,(H,18,19). The average Bonchev–Trinajstić information content (AvgIpc) is 2.78. The third kappa shape index (κ3) is 2.01. The van der Waals surface area contributed by atoms with E-state index in [2.05, 4.69) is 17.0 Å². The van der Waals surface area contributed by atoms with Crippen molar-refractivity contribution in [2.75, 3.05) is 0 Å². The number of fused-ring (bicyclic) bond motifs is 1. The summed E-state index contributed by atoms with van der Waals surface area (Å²) in [5.74, 6) is -0.440. The normalized spacial score (nSPS) is 18.1. The molecule has 0 fully saturated rings. The van der Waals surface area contributed by atoms with Gasteiger partial charge in [0.05, 0.1) is 11.9 Å². The molecule has 3 rings (SSSR count). The molecule has 1 atom stereocenters. The monoisotopic (exact) mass is 257 g/mol. The highest BCUT2D eigenvalue weighted by atomic mass is 16.4. The largest absolute Gasteiger partial charge is 0.476 e. The maximum atomic E-state index is 11.3. The summed E-state index contributed by atoms with van der Waals surface area (Å²) in [5, 5.41) is 13.6. The molecule has 0 aromatic carbocycles. The second-order valence-corrected chi connectivity index (χ2v) is 5.05. The number of aromatic carboxylic acids is 1. The van der Waals surface area contributed by atoms with Crippen molar-refractivity contribution in [1.29, 1.82) is 0 Å². The molecule has 1 unspecified atom stereocenters. The van der Waals surface area contributed by atoms with Gasteiger partial charge in [-0.15, -0.1) is 0 Å². The van der Waals surface area contributed by atoms with Gasteiger partial charge in [0.15, 0.2) is 5.69 Å². The van der Waals surface area contributed by atoms with Crippen LogP contribution in [0.2, 0.25) is 0 Å². The minimum atomic E-state index is -0.951. The first-order valence-electron chi connectivity index (χ1n) is 6.41. The Balaban J connectivity index is 2.17. The van der Waals surface area contributed by atoms with Crippen LogP contribution in [0.15, 0.2) is 24.5 Å². The van der Waals surface area contributed by atoms with Crippen molar-refractivity contribution < 1.29 is 9.90 Å². The zero-order valence-corrected chi connectivity index (χ0v) is 10.7. The molecule has 0 bridgehead atoms. The molecule has 0 spiro atoms. The topological polar surface area (TPSA) is 68.0 Å². The van der Waals surface area contributed by atoms with Crippen LogP contribution < -0.4 is 0 Å². The van der Waals surface area contributed by atoms with Crippen molar-refractivity contribution in [3.05, 3.63) is 41.5 Å². The lowest BCUT2D eigenvalue weighted by Crippen LogP contribution is -2.14. The molecule has 2 aromatic heterocycles. The van der Waals surface area contributed by atoms with E-state index < -0.39 is 5.97 Å². The van der Waals surface area contributed by atoms with Crippen LogP contribution in [0.3, 0.4) is 0 Å². The van der Waals surface area contributed by atoms with Gasteiger partial charge in [0.2, 0.25) is 0 Å². The summed E-state index contributed by atoms with van der Waals surface area (Å²) in [6.07, 6.45) is 6.12. The third-order valence-corrected chi connectivity index (χ3v) is 3.61. The lowest BCUT2D eigenvalue weighted by molar-refractivity contribution is 0.0688. The first-order chi connectivity index (χ1) is 9.16. The number of hydrogen-bond donors (Lipinski definition) is 1. The highest BCUT2D eigenvalue weighted by molar-refractivity contribution is 5.87. The Morgan fingerprint density at radius 2 is 2.37 bits per heavy atom. The molecular weight excluding hydrogens is 242 g/mol. The highest BCUT2D eigenvalue weighted by Crippen LogP contribution is 2.29. The lowest BCUT2D eigenvalue weighted by Gasteiger charge is -2.19. The number of pyridine rings is 1. The van der Waals surface area contributed by atoms with Crippen LogP contribution >= 0.6 is 0 Å². The molecule has 1 aliphatic rings. The molecule has 19 heavy (non-hydrogen) atoms. The van der Waals surface area contributed by atoms with Gasteiger partial charge in [-0.2, -0.15) is 5.10 Å². The van der Waals surface area contributed by atoms with Gasteiger partial charge in [-0.05, 0) is 37.3 Å². The highest BCUT2D eigenvalue weighted by Gasteiger charge is 2.27. The van der Waals surface area contributed by atoms with Crippen LogP contribution in [-0.4, -0.2) is 25.8 Å². The van der Waals surface area contributed by atoms with Crippen LogP contribution in [0.25, 0.3) is 5.69 Å². The summed E-state index contributed by atoms with van der Waals surface area (Å²) in [6.45, 7) is 2.15. The molecule has 1 aliphatic carbocycles. The van der Waals surface area contributed by atoms with Crippen molar-refractivity contribution >= 4 is 5.97 Å². The Kier molecular flexibility index (Phi) is 2.81. The van der Waals surface area contributed by atoms with Gasteiger partial charge in [-0.1, -0.05) is 6.92 Å². The number of rotatable bonds is 2. The molecule has 98 valence electrons. The second kappa shape index (κ2) is 4.50. The van der Waals surface area contributed by atoms with E-state index in [9.17, 15) is 9.90 Å². The zero-order valence-electron chi connectivity index (χ0n) is 10.7. The fourth-order valence-electron chi connectivity index (χ4n) is 2.65. The van der Waals surface area contributed by atoms with Crippen molar-refractivity contribution in [3.63, 3.8) is 0 Å². The van der Waals surface area contributed by atoms with Crippen molar-refractivity contribution in [2.24, 2.45) is 5.92 Å². The Labute approximate surface area is 110 Å². The van der Waals surface area contributed by atoms with Crippen molar-refractivity contribution in [3.8, 4) is 5.69 Å². The van der Waals surface area contributed by atoms with E-state index in [0.717, 1.165) is 36.2 Å². The summed E-state index contributed by atoms with van der Waals surface area (Å²) in [4.78, 5) is 15.4. The van der Waals surface area contributed by atoms with Gasteiger partial charge in [-0.3, -0.25) is 4.98 Å². The van der Waals surface area contributed by atoms with Gasteiger partial charge in [-0.25, -0.2) is 9.48 Å². The van der Waals surface area contributed by atoms with E-state index in [1.165, 1.54) is 0 Å².